The zero-order chi connectivity index (χ0) is 22.9. The van der Waals surface area contributed by atoms with Crippen molar-refractivity contribution in [1.29, 1.82) is 5.26 Å². The van der Waals surface area contributed by atoms with Gasteiger partial charge >= 0.3 is 6.18 Å². The van der Waals surface area contributed by atoms with Crippen molar-refractivity contribution in [2.24, 2.45) is 7.05 Å². The molecule has 7 nitrogen and oxygen atoms in total. The van der Waals surface area contributed by atoms with Crippen LogP contribution in [0.5, 0.6) is 0 Å². The van der Waals surface area contributed by atoms with Crippen molar-refractivity contribution in [2.45, 2.75) is 26.1 Å². The third-order valence-electron chi connectivity index (χ3n) is 5.24. The molecule has 32 heavy (non-hydrogen) atoms. The molecule has 0 unspecified atom stereocenters. The largest absolute Gasteiger partial charge is 0.418 e. The molecule has 1 N–H and O–H groups in total. The SMILES string of the molecule is Cc1nccn1CCCNc1ccc(-c2nc(C#N)nc3c2ccn3C)cc1C(F)(F)F. The molecule has 0 saturated heterocycles. The first kappa shape index (κ1) is 21.4. The minimum absolute atomic E-state index is 0.00229. The Labute approximate surface area is 182 Å². The second kappa shape index (κ2) is 8.34. The van der Waals surface area contributed by atoms with Gasteiger partial charge in [0.2, 0.25) is 5.82 Å². The van der Waals surface area contributed by atoms with E-state index < -0.39 is 11.7 Å². The molecule has 164 valence electrons. The smallest absolute Gasteiger partial charge is 0.384 e. The fourth-order valence-corrected chi connectivity index (χ4v) is 3.60. The summed E-state index contributed by atoms with van der Waals surface area (Å²) in [6, 6.07) is 7.65. The molecular formula is C22H20F3N7. The summed E-state index contributed by atoms with van der Waals surface area (Å²) in [6.45, 7) is 2.90. The summed E-state index contributed by atoms with van der Waals surface area (Å²) >= 11 is 0. The Balaban J connectivity index is 1.64. The van der Waals surface area contributed by atoms with Crippen LogP contribution in [0.1, 0.15) is 23.6 Å². The minimum Gasteiger partial charge on any atom is -0.384 e. The van der Waals surface area contributed by atoms with E-state index >= 15 is 0 Å². The number of aromatic nitrogens is 5. The number of alkyl halides is 3. The van der Waals surface area contributed by atoms with Gasteiger partial charge in [-0.25, -0.2) is 15.0 Å². The average molecular weight is 439 g/mol. The number of imidazole rings is 1. The highest BCUT2D eigenvalue weighted by atomic mass is 19.4. The number of nitrogens with zero attached hydrogens (tertiary/aromatic N) is 6. The number of hydrogen-bond donors (Lipinski definition) is 1. The summed E-state index contributed by atoms with van der Waals surface area (Å²) in [5.41, 5.74) is 0.265. The van der Waals surface area contributed by atoms with E-state index in [9.17, 15) is 18.4 Å². The minimum atomic E-state index is -4.56. The summed E-state index contributed by atoms with van der Waals surface area (Å²) in [6.07, 6.45) is 1.34. The van der Waals surface area contributed by atoms with Crippen LogP contribution in [0.3, 0.4) is 0 Å². The fraction of sp³-hybridized carbons (Fsp3) is 0.273. The number of nitrogens with one attached hydrogen (secondary N) is 1. The summed E-state index contributed by atoms with van der Waals surface area (Å²) in [5.74, 6) is 0.763. The number of halogens is 3. The molecule has 3 aromatic heterocycles. The van der Waals surface area contributed by atoms with Crippen LogP contribution in [0.2, 0.25) is 0 Å². The Kier molecular flexibility index (Phi) is 5.57. The second-order valence-electron chi connectivity index (χ2n) is 7.38. The average Bonchev–Trinajstić information content (AvgIpc) is 3.35. The monoisotopic (exact) mass is 439 g/mol. The van der Waals surface area contributed by atoms with Gasteiger partial charge in [-0.05, 0) is 31.5 Å². The van der Waals surface area contributed by atoms with Gasteiger partial charge in [-0.15, -0.1) is 0 Å². The molecular weight excluding hydrogens is 419 g/mol. The van der Waals surface area contributed by atoms with Crippen molar-refractivity contribution in [1.82, 2.24) is 24.1 Å². The molecule has 4 aromatic rings. The number of nitriles is 1. The zero-order valence-corrected chi connectivity index (χ0v) is 17.5. The topological polar surface area (TPSA) is 84.3 Å². The molecule has 10 heteroatoms. The zero-order valence-electron chi connectivity index (χ0n) is 17.5. The van der Waals surface area contributed by atoms with Crippen LogP contribution in [0, 0.1) is 18.3 Å². The molecule has 0 radical (unpaired) electrons. The van der Waals surface area contributed by atoms with Crippen LogP contribution in [-0.4, -0.2) is 30.6 Å². The Morgan fingerprint density at radius 2 is 1.97 bits per heavy atom. The van der Waals surface area contributed by atoms with E-state index in [1.54, 1.807) is 36.1 Å². The lowest BCUT2D eigenvalue weighted by Gasteiger charge is -2.16. The van der Waals surface area contributed by atoms with Crippen molar-refractivity contribution in [3.8, 4) is 17.3 Å². The Morgan fingerprint density at radius 1 is 1.16 bits per heavy atom. The quantitative estimate of drug-likeness (QED) is 0.446. The molecule has 0 amide bonds. The second-order valence-corrected chi connectivity index (χ2v) is 7.38. The molecule has 0 aliphatic carbocycles. The highest BCUT2D eigenvalue weighted by Crippen LogP contribution is 2.38. The predicted octanol–water partition coefficient (Wildman–Crippen LogP) is 4.53. The molecule has 4 rings (SSSR count). The van der Waals surface area contributed by atoms with Crippen molar-refractivity contribution < 1.29 is 13.2 Å². The number of hydrogen-bond acceptors (Lipinski definition) is 5. The lowest BCUT2D eigenvalue weighted by Crippen LogP contribution is -2.13. The third kappa shape index (κ3) is 4.14. The maximum absolute atomic E-state index is 13.9. The van der Waals surface area contributed by atoms with Gasteiger partial charge in [0.05, 0.1) is 11.3 Å². The third-order valence-corrected chi connectivity index (χ3v) is 5.24. The standard InChI is InChI=1S/C22H20F3N7/c1-14-27-8-11-32(14)9-3-7-28-18-5-4-15(12-17(18)22(23,24)25)20-16-6-10-31(2)21(16)30-19(13-26)29-20/h4-6,8,10-12,28H,3,7,9H2,1-2H3. The molecule has 0 saturated carbocycles. The van der Waals surface area contributed by atoms with Gasteiger partial charge in [0.15, 0.2) is 0 Å². The first-order chi connectivity index (χ1) is 15.3. The molecule has 0 atom stereocenters. The molecule has 0 aliphatic rings. The lowest BCUT2D eigenvalue weighted by atomic mass is 10.0. The molecule has 3 heterocycles. The van der Waals surface area contributed by atoms with Crippen molar-refractivity contribution in [3.05, 3.63) is 60.1 Å². The highest BCUT2D eigenvalue weighted by molar-refractivity contribution is 5.91. The van der Waals surface area contributed by atoms with Gasteiger partial charge in [0.1, 0.15) is 17.5 Å². The van der Waals surface area contributed by atoms with E-state index in [-0.39, 0.29) is 17.1 Å². The maximum atomic E-state index is 13.9. The number of benzene rings is 1. The van der Waals surface area contributed by atoms with Crippen LogP contribution < -0.4 is 5.32 Å². The Bertz CT molecular complexity index is 1310. The van der Waals surface area contributed by atoms with E-state index in [4.69, 9.17) is 0 Å². The van der Waals surface area contributed by atoms with E-state index in [2.05, 4.69) is 20.3 Å². The van der Waals surface area contributed by atoms with Crippen LogP contribution in [-0.2, 0) is 19.8 Å². The van der Waals surface area contributed by atoms with E-state index in [1.165, 1.54) is 6.07 Å². The normalized spacial score (nSPS) is 11.6. The van der Waals surface area contributed by atoms with Crippen LogP contribution in [0.4, 0.5) is 18.9 Å². The van der Waals surface area contributed by atoms with Crippen molar-refractivity contribution >= 4 is 16.7 Å². The number of aryl methyl sites for hydroxylation is 3. The maximum Gasteiger partial charge on any atom is 0.418 e. The molecule has 0 aliphatic heterocycles. The first-order valence-corrected chi connectivity index (χ1v) is 9.94. The van der Waals surface area contributed by atoms with Crippen molar-refractivity contribution in [3.63, 3.8) is 0 Å². The molecule has 1 aromatic carbocycles. The number of rotatable bonds is 6. The molecule has 0 bridgehead atoms. The van der Waals surface area contributed by atoms with Crippen molar-refractivity contribution in [2.75, 3.05) is 11.9 Å². The van der Waals surface area contributed by atoms with Gasteiger partial charge in [0, 0.05) is 55.4 Å². The molecule has 0 fully saturated rings. The molecule has 0 spiro atoms. The van der Waals surface area contributed by atoms with Gasteiger partial charge in [-0.3, -0.25) is 0 Å². The van der Waals surface area contributed by atoms with Crippen LogP contribution in [0.15, 0.2) is 42.9 Å². The van der Waals surface area contributed by atoms with Gasteiger partial charge in [-0.1, -0.05) is 6.07 Å². The van der Waals surface area contributed by atoms with Gasteiger partial charge < -0.3 is 14.5 Å². The Hall–Kier alpha value is -3.87. The summed E-state index contributed by atoms with van der Waals surface area (Å²) < 4.78 is 45.2. The number of fused-ring (bicyclic) bond motifs is 1. The summed E-state index contributed by atoms with van der Waals surface area (Å²) in [4.78, 5) is 12.5. The highest BCUT2D eigenvalue weighted by Gasteiger charge is 2.34. The van der Waals surface area contributed by atoms with E-state index in [1.807, 2.05) is 23.8 Å². The fourth-order valence-electron chi connectivity index (χ4n) is 3.60. The van der Waals surface area contributed by atoms with Gasteiger partial charge in [0.25, 0.3) is 0 Å². The number of anilines is 1. The summed E-state index contributed by atoms with van der Waals surface area (Å²) in [5, 5.41) is 12.7. The van der Waals surface area contributed by atoms with E-state index in [0.717, 1.165) is 11.9 Å². The Morgan fingerprint density at radius 3 is 2.66 bits per heavy atom. The van der Waals surface area contributed by atoms with Gasteiger partial charge in [-0.2, -0.15) is 18.4 Å². The predicted molar refractivity (Wildman–Crippen MR) is 114 cm³/mol. The van der Waals surface area contributed by atoms with Crippen LogP contribution >= 0.6 is 0 Å². The summed E-state index contributed by atoms with van der Waals surface area (Å²) in [7, 11) is 1.75. The van der Waals surface area contributed by atoms with Crippen LogP contribution in [0.25, 0.3) is 22.3 Å². The lowest BCUT2D eigenvalue weighted by molar-refractivity contribution is -0.136. The first-order valence-electron chi connectivity index (χ1n) is 9.94. The van der Waals surface area contributed by atoms with E-state index in [0.29, 0.717) is 36.2 Å².